The third-order valence-electron chi connectivity index (χ3n) is 8.49. The van der Waals surface area contributed by atoms with Gasteiger partial charge in [-0.05, 0) is 45.4 Å². The number of carbonyl (C=O) groups is 1. The van der Waals surface area contributed by atoms with Crippen molar-refractivity contribution < 1.29 is 9.53 Å². The van der Waals surface area contributed by atoms with Crippen LogP contribution in [0.4, 0.5) is 0 Å². The van der Waals surface area contributed by atoms with Crippen molar-refractivity contribution in [1.82, 2.24) is 9.13 Å². The average molecular weight is 505 g/mol. The predicted octanol–water partition coefficient (Wildman–Crippen LogP) is 8.28. The molecule has 0 spiro atoms. The lowest BCUT2D eigenvalue weighted by molar-refractivity contribution is 0.0255. The molecule has 4 nitrogen and oxygen atoms in total. The van der Waals surface area contributed by atoms with Crippen molar-refractivity contribution in [2.75, 3.05) is 0 Å². The van der Waals surface area contributed by atoms with E-state index < -0.39 is 5.60 Å². The largest absolute Gasteiger partial charge is 0.440 e. The number of cyclic esters (lactones) is 1. The highest BCUT2D eigenvalue weighted by molar-refractivity contribution is 6.01. The number of esters is 1. The van der Waals surface area contributed by atoms with Gasteiger partial charge in [-0.15, -0.1) is 0 Å². The predicted molar refractivity (Wildman–Crippen MR) is 155 cm³/mol. The normalized spacial score (nSPS) is 16.9. The van der Waals surface area contributed by atoms with E-state index in [1.165, 1.54) is 36.0 Å². The fourth-order valence-corrected chi connectivity index (χ4v) is 6.86. The maximum Gasteiger partial charge on any atom is 0.340 e. The Hall–Kier alpha value is -3.79. The van der Waals surface area contributed by atoms with Gasteiger partial charge >= 0.3 is 5.97 Å². The third-order valence-corrected chi connectivity index (χ3v) is 8.49. The van der Waals surface area contributed by atoms with Crippen molar-refractivity contribution in [3.63, 3.8) is 0 Å². The second-order valence-electron chi connectivity index (χ2n) is 10.5. The second-order valence-corrected chi connectivity index (χ2v) is 10.5. The average Bonchev–Trinajstić information content (AvgIpc) is 3.51. The van der Waals surface area contributed by atoms with Gasteiger partial charge in [0.25, 0.3) is 0 Å². The van der Waals surface area contributed by atoms with E-state index in [-0.39, 0.29) is 5.97 Å². The number of aryl methyl sites for hydroxylation is 2. The molecule has 1 unspecified atom stereocenters. The zero-order valence-corrected chi connectivity index (χ0v) is 22.9. The van der Waals surface area contributed by atoms with E-state index >= 15 is 0 Å². The Bertz CT molecular complexity index is 1670. The van der Waals surface area contributed by atoms with Crippen molar-refractivity contribution in [3.8, 4) is 0 Å². The quantitative estimate of drug-likeness (QED) is 0.157. The number of hydrogen-bond donors (Lipinski definition) is 0. The summed E-state index contributed by atoms with van der Waals surface area (Å²) in [4.78, 5) is 13.6. The topological polar surface area (TPSA) is 36.2 Å². The molecule has 6 rings (SSSR count). The number of rotatable bonds is 8. The monoisotopic (exact) mass is 504 g/mol. The Morgan fingerprint density at radius 2 is 1.29 bits per heavy atom. The van der Waals surface area contributed by atoms with Crippen LogP contribution in [0.25, 0.3) is 21.8 Å². The zero-order chi connectivity index (χ0) is 26.4. The number of aromatic nitrogens is 2. The molecule has 1 atom stereocenters. The van der Waals surface area contributed by atoms with E-state index in [9.17, 15) is 4.79 Å². The fourth-order valence-electron chi connectivity index (χ4n) is 6.86. The summed E-state index contributed by atoms with van der Waals surface area (Å²) in [5, 5.41) is 2.29. The van der Waals surface area contributed by atoms with Gasteiger partial charge in [0.15, 0.2) is 5.60 Å². The van der Waals surface area contributed by atoms with Gasteiger partial charge in [0.2, 0.25) is 0 Å². The smallest absolute Gasteiger partial charge is 0.340 e. The van der Waals surface area contributed by atoms with Gasteiger partial charge in [0, 0.05) is 63.0 Å². The first-order valence-electron chi connectivity index (χ1n) is 14.0. The molecule has 0 aliphatic carbocycles. The summed E-state index contributed by atoms with van der Waals surface area (Å²) >= 11 is 0. The van der Waals surface area contributed by atoms with Crippen LogP contribution in [0.5, 0.6) is 0 Å². The van der Waals surface area contributed by atoms with E-state index in [4.69, 9.17) is 4.74 Å². The number of fused-ring (bicyclic) bond motifs is 3. The molecule has 4 heteroatoms. The molecular weight excluding hydrogens is 468 g/mol. The molecular formula is C34H36N2O2. The molecule has 1 aliphatic rings. The second kappa shape index (κ2) is 9.50. The first-order valence-corrected chi connectivity index (χ1v) is 14.0. The van der Waals surface area contributed by atoms with E-state index in [2.05, 4.69) is 91.4 Å². The van der Waals surface area contributed by atoms with Crippen LogP contribution in [-0.4, -0.2) is 15.1 Å². The lowest BCUT2D eigenvalue weighted by Crippen LogP contribution is -2.31. The number of para-hydroxylation sites is 2. The summed E-state index contributed by atoms with van der Waals surface area (Å²) in [5.74, 6) is -0.257. The Kier molecular flexibility index (Phi) is 6.14. The summed E-state index contributed by atoms with van der Waals surface area (Å²) in [6.45, 7) is 10.6. The van der Waals surface area contributed by atoms with Crippen LogP contribution in [0, 0.1) is 13.8 Å². The molecule has 2 aromatic heterocycles. The van der Waals surface area contributed by atoms with Gasteiger partial charge < -0.3 is 13.9 Å². The highest BCUT2D eigenvalue weighted by Gasteiger charge is 2.53. The molecule has 38 heavy (non-hydrogen) atoms. The van der Waals surface area contributed by atoms with Crippen LogP contribution in [-0.2, 0) is 23.4 Å². The minimum Gasteiger partial charge on any atom is -0.440 e. The molecule has 0 amide bonds. The molecule has 3 aromatic carbocycles. The SMILES string of the molecule is CCCCCCn1c(C)c(C2(c3c(C)n(CC)c4ccccc34)OC(=O)c3ccccc32)c2ccccc21. The summed E-state index contributed by atoms with van der Waals surface area (Å²) in [6.07, 6.45) is 4.80. The van der Waals surface area contributed by atoms with Crippen molar-refractivity contribution in [1.29, 1.82) is 0 Å². The standard InChI is InChI=1S/C34H36N2O2/c1-5-7-8-15-22-36-24(4)32(27-18-11-14-21-30(27)36)34(28-19-12-9-16-25(28)33(37)38-34)31-23(3)35(6-2)29-20-13-10-17-26(29)31/h9-14,16-21H,5-8,15,22H2,1-4H3. The first kappa shape index (κ1) is 24.5. The Morgan fingerprint density at radius 3 is 1.95 bits per heavy atom. The van der Waals surface area contributed by atoms with Gasteiger partial charge in [-0.3, -0.25) is 0 Å². The van der Waals surface area contributed by atoms with Crippen molar-refractivity contribution in [2.24, 2.45) is 0 Å². The maximum absolute atomic E-state index is 13.6. The third kappa shape index (κ3) is 3.39. The number of unbranched alkanes of at least 4 members (excludes halogenated alkanes) is 3. The molecule has 0 saturated heterocycles. The molecule has 1 aliphatic heterocycles. The highest BCUT2D eigenvalue weighted by Crippen LogP contribution is 2.53. The number of benzene rings is 3. The van der Waals surface area contributed by atoms with Crippen LogP contribution >= 0.6 is 0 Å². The van der Waals surface area contributed by atoms with Crippen LogP contribution in [0.1, 0.15) is 78.0 Å². The van der Waals surface area contributed by atoms with Crippen LogP contribution in [0.15, 0.2) is 72.8 Å². The van der Waals surface area contributed by atoms with Crippen molar-refractivity contribution in [3.05, 3.63) is 106 Å². The van der Waals surface area contributed by atoms with Gasteiger partial charge in [-0.25, -0.2) is 4.79 Å². The molecule has 0 radical (unpaired) electrons. The van der Waals surface area contributed by atoms with E-state index in [0.717, 1.165) is 52.7 Å². The lowest BCUT2D eigenvalue weighted by Gasteiger charge is -2.31. The number of hydrogen-bond acceptors (Lipinski definition) is 2. The molecule has 0 saturated carbocycles. The van der Waals surface area contributed by atoms with Gasteiger partial charge in [-0.1, -0.05) is 80.8 Å². The molecule has 0 fully saturated rings. The highest BCUT2D eigenvalue weighted by atomic mass is 16.6. The number of ether oxygens (including phenoxy) is 1. The fraction of sp³-hybridized carbons (Fsp3) is 0.324. The minimum absolute atomic E-state index is 0.257. The van der Waals surface area contributed by atoms with Gasteiger partial charge in [0.1, 0.15) is 0 Å². The maximum atomic E-state index is 13.6. The van der Waals surface area contributed by atoms with Crippen LogP contribution < -0.4 is 0 Å². The van der Waals surface area contributed by atoms with Gasteiger partial charge in [0.05, 0.1) is 5.56 Å². The first-order chi connectivity index (χ1) is 18.5. The van der Waals surface area contributed by atoms with Gasteiger partial charge in [-0.2, -0.15) is 0 Å². The molecule has 0 bridgehead atoms. The number of carbonyl (C=O) groups excluding carboxylic acids is 1. The Labute approximate surface area is 224 Å². The summed E-state index contributed by atoms with van der Waals surface area (Å²) in [5.41, 5.74) is 7.39. The molecule has 5 aromatic rings. The minimum atomic E-state index is -1.03. The summed E-state index contributed by atoms with van der Waals surface area (Å²) < 4.78 is 11.5. The van der Waals surface area contributed by atoms with Crippen LogP contribution in [0.3, 0.4) is 0 Å². The van der Waals surface area contributed by atoms with E-state index in [1.807, 2.05) is 18.2 Å². The van der Waals surface area contributed by atoms with Crippen molar-refractivity contribution >= 4 is 27.8 Å². The van der Waals surface area contributed by atoms with E-state index in [0.29, 0.717) is 5.56 Å². The Morgan fingerprint density at radius 1 is 0.711 bits per heavy atom. The van der Waals surface area contributed by atoms with E-state index in [1.54, 1.807) is 0 Å². The molecule has 0 N–H and O–H groups in total. The summed E-state index contributed by atoms with van der Waals surface area (Å²) in [6, 6.07) is 25.1. The Balaban J connectivity index is 1.73. The lowest BCUT2D eigenvalue weighted by atomic mass is 9.77. The van der Waals surface area contributed by atoms with Crippen LogP contribution in [0.2, 0.25) is 0 Å². The zero-order valence-electron chi connectivity index (χ0n) is 22.9. The van der Waals surface area contributed by atoms with Crippen molar-refractivity contribution in [2.45, 2.75) is 72.1 Å². The summed E-state index contributed by atoms with van der Waals surface area (Å²) in [7, 11) is 0. The number of nitrogens with zero attached hydrogens (tertiary/aromatic N) is 2. The molecule has 3 heterocycles. The molecule has 194 valence electrons.